The Hall–Kier alpha value is -2.92. The quantitative estimate of drug-likeness (QED) is 0.725. The summed E-state index contributed by atoms with van der Waals surface area (Å²) in [6.45, 7) is 1.99. The maximum atomic E-state index is 12.2. The third-order valence-corrected chi connectivity index (χ3v) is 6.39. The number of amides is 1. The number of anilines is 1. The van der Waals surface area contributed by atoms with E-state index in [2.05, 4.69) is 14.1 Å². The number of likely N-dealkylation sites (N-methyl/N-ethyl adjacent to an activating group) is 1. The van der Waals surface area contributed by atoms with Crippen LogP contribution in [0.1, 0.15) is 34.6 Å². The number of aromatic hydroxyl groups is 1. The van der Waals surface area contributed by atoms with Crippen LogP contribution in [0.25, 0.3) is 0 Å². The van der Waals surface area contributed by atoms with Gasteiger partial charge in [-0.05, 0) is 12.0 Å². The van der Waals surface area contributed by atoms with E-state index < -0.39 is 10.2 Å². The van der Waals surface area contributed by atoms with E-state index in [-0.39, 0.29) is 39.9 Å². The SMILES string of the molecule is CC[C@H](c1ccccc1)N(C)C1=NS(=O)(=O)N=C1Nc1csc(C(=O)N(C)C)c1O. The van der Waals surface area contributed by atoms with Crippen LogP contribution in [-0.4, -0.2) is 62.0 Å². The van der Waals surface area contributed by atoms with E-state index in [0.717, 1.165) is 16.9 Å². The molecule has 0 bridgehead atoms. The van der Waals surface area contributed by atoms with Crippen molar-refractivity contribution in [1.82, 2.24) is 9.80 Å². The summed E-state index contributed by atoms with van der Waals surface area (Å²) in [5, 5.41) is 14.8. The summed E-state index contributed by atoms with van der Waals surface area (Å²) in [6.07, 6.45) is 0.706. The Bertz CT molecular complexity index is 1110. The molecule has 1 aliphatic heterocycles. The van der Waals surface area contributed by atoms with Crippen molar-refractivity contribution in [2.45, 2.75) is 19.4 Å². The van der Waals surface area contributed by atoms with Gasteiger partial charge in [-0.3, -0.25) is 4.79 Å². The van der Waals surface area contributed by atoms with E-state index in [1.165, 1.54) is 10.3 Å². The van der Waals surface area contributed by atoms with Crippen LogP contribution in [0.4, 0.5) is 5.69 Å². The molecule has 0 saturated heterocycles. The minimum absolute atomic E-state index is 0.0103. The van der Waals surface area contributed by atoms with Crippen LogP contribution in [0.2, 0.25) is 0 Å². The van der Waals surface area contributed by atoms with Gasteiger partial charge in [-0.2, -0.15) is 8.42 Å². The Balaban J connectivity index is 1.92. The molecule has 30 heavy (non-hydrogen) atoms. The highest BCUT2D eigenvalue weighted by Gasteiger charge is 2.32. The monoisotopic (exact) mass is 449 g/mol. The summed E-state index contributed by atoms with van der Waals surface area (Å²) in [4.78, 5) is 15.4. The lowest BCUT2D eigenvalue weighted by Gasteiger charge is -2.29. The molecule has 1 aliphatic rings. The van der Waals surface area contributed by atoms with Crippen molar-refractivity contribution in [3.63, 3.8) is 0 Å². The highest BCUT2D eigenvalue weighted by atomic mass is 32.2. The predicted octanol–water partition coefficient (Wildman–Crippen LogP) is 2.71. The molecule has 2 N–H and O–H groups in total. The number of carbonyl (C=O) groups excluding carboxylic acids is 1. The van der Waals surface area contributed by atoms with Crippen molar-refractivity contribution in [2.24, 2.45) is 8.80 Å². The van der Waals surface area contributed by atoms with Gasteiger partial charge in [0.2, 0.25) is 0 Å². The van der Waals surface area contributed by atoms with Crippen LogP contribution in [0.5, 0.6) is 5.75 Å². The summed E-state index contributed by atoms with van der Waals surface area (Å²) in [5.41, 5.74) is 1.20. The van der Waals surface area contributed by atoms with Gasteiger partial charge in [0.05, 0.1) is 11.7 Å². The first kappa shape index (κ1) is 21.8. The van der Waals surface area contributed by atoms with Crippen LogP contribution >= 0.6 is 11.3 Å². The van der Waals surface area contributed by atoms with E-state index in [4.69, 9.17) is 0 Å². The van der Waals surface area contributed by atoms with Crippen LogP contribution < -0.4 is 5.32 Å². The number of amidine groups is 2. The number of thiophene rings is 1. The van der Waals surface area contributed by atoms with Crippen molar-refractivity contribution in [3.8, 4) is 5.75 Å². The lowest BCUT2D eigenvalue weighted by atomic mass is 10.0. The third kappa shape index (κ3) is 4.31. The Kier molecular flexibility index (Phi) is 6.13. The van der Waals surface area contributed by atoms with E-state index in [1.54, 1.807) is 26.0 Å². The molecule has 1 atom stereocenters. The van der Waals surface area contributed by atoms with Crippen molar-refractivity contribution in [3.05, 3.63) is 46.2 Å². The number of hydrogen-bond donors (Lipinski definition) is 2. The number of hydrogen-bond acceptors (Lipinski definition) is 7. The third-order valence-electron chi connectivity index (χ3n) is 4.61. The minimum atomic E-state index is -4.05. The second kappa shape index (κ2) is 8.44. The van der Waals surface area contributed by atoms with Crippen molar-refractivity contribution in [1.29, 1.82) is 0 Å². The zero-order valence-corrected chi connectivity index (χ0v) is 18.7. The fourth-order valence-electron chi connectivity index (χ4n) is 3.12. The predicted molar refractivity (Wildman–Crippen MR) is 119 cm³/mol. The standard InChI is InChI=1S/C19H23N5O4S2/c1-5-14(12-9-7-6-8-10-12)24(4)18-17(21-30(27,28)22-18)20-13-11-29-16(15(13)25)19(26)23(2)3/h6-11,14,25H,5H2,1-4H3,(H,20,21)/t14-/m1/s1. The number of benzene rings is 1. The molecule has 0 spiro atoms. The maximum Gasteiger partial charge on any atom is 0.367 e. The molecule has 0 fully saturated rings. The number of nitrogens with one attached hydrogen (secondary N) is 1. The average molecular weight is 450 g/mol. The summed E-state index contributed by atoms with van der Waals surface area (Å²) in [7, 11) is 0.851. The molecule has 0 aliphatic carbocycles. The van der Waals surface area contributed by atoms with Gasteiger partial charge in [0.15, 0.2) is 17.4 Å². The fourth-order valence-corrected chi connectivity index (χ4v) is 4.86. The molecule has 1 amide bonds. The molecule has 11 heteroatoms. The van der Waals surface area contributed by atoms with Gasteiger partial charge < -0.3 is 20.2 Å². The molecule has 2 aromatic rings. The summed E-state index contributed by atoms with van der Waals surface area (Å²) in [6, 6.07) is 9.53. The highest BCUT2D eigenvalue weighted by Crippen LogP contribution is 2.35. The summed E-state index contributed by atoms with van der Waals surface area (Å²) >= 11 is 1.05. The first-order valence-electron chi connectivity index (χ1n) is 9.16. The normalized spacial score (nSPS) is 15.9. The van der Waals surface area contributed by atoms with E-state index in [0.29, 0.717) is 6.42 Å². The van der Waals surface area contributed by atoms with Crippen LogP contribution in [-0.2, 0) is 10.2 Å². The van der Waals surface area contributed by atoms with Gasteiger partial charge in [0.1, 0.15) is 4.88 Å². The Morgan fingerprint density at radius 2 is 1.87 bits per heavy atom. The zero-order valence-electron chi connectivity index (χ0n) is 17.0. The Morgan fingerprint density at radius 3 is 2.47 bits per heavy atom. The van der Waals surface area contributed by atoms with Crippen LogP contribution in [0.15, 0.2) is 44.5 Å². The summed E-state index contributed by atoms with van der Waals surface area (Å²) in [5.74, 6) is -0.490. The van der Waals surface area contributed by atoms with Gasteiger partial charge >= 0.3 is 10.2 Å². The fraction of sp³-hybridized carbons (Fsp3) is 0.316. The average Bonchev–Trinajstić information content (AvgIpc) is 3.21. The van der Waals surface area contributed by atoms with Gasteiger partial charge in [0, 0.05) is 26.5 Å². The molecule has 0 radical (unpaired) electrons. The van der Waals surface area contributed by atoms with Crippen molar-refractivity contribution in [2.75, 3.05) is 26.5 Å². The molecule has 3 rings (SSSR count). The minimum Gasteiger partial charge on any atom is -0.504 e. The smallest absolute Gasteiger partial charge is 0.367 e. The Morgan fingerprint density at radius 1 is 1.20 bits per heavy atom. The first-order valence-corrected chi connectivity index (χ1v) is 11.4. The molecule has 0 unspecified atom stereocenters. The summed E-state index contributed by atoms with van der Waals surface area (Å²) < 4.78 is 31.7. The number of nitrogens with zero attached hydrogens (tertiary/aromatic N) is 4. The first-order chi connectivity index (χ1) is 14.1. The van der Waals surface area contributed by atoms with Gasteiger partial charge in [-0.1, -0.05) is 37.3 Å². The molecule has 1 aromatic heterocycles. The maximum absolute atomic E-state index is 12.2. The highest BCUT2D eigenvalue weighted by molar-refractivity contribution is 7.89. The molecule has 0 saturated carbocycles. The Labute approximate surface area is 179 Å². The topological polar surface area (TPSA) is 115 Å². The second-order valence-corrected chi connectivity index (χ2v) is 9.04. The largest absolute Gasteiger partial charge is 0.504 e. The molecular weight excluding hydrogens is 426 g/mol. The van der Waals surface area contributed by atoms with Crippen molar-refractivity contribution < 1.29 is 18.3 Å². The van der Waals surface area contributed by atoms with Crippen LogP contribution in [0.3, 0.4) is 0 Å². The lowest BCUT2D eigenvalue weighted by molar-refractivity contribution is 0.0829. The number of carbonyl (C=O) groups is 1. The van der Waals surface area contributed by atoms with Crippen molar-refractivity contribution >= 4 is 44.8 Å². The lowest BCUT2D eigenvalue weighted by Crippen LogP contribution is -2.38. The number of rotatable bonds is 5. The second-order valence-electron chi connectivity index (χ2n) is 6.90. The molecular formula is C19H23N5O4S2. The van der Waals surface area contributed by atoms with Gasteiger partial charge in [-0.25, -0.2) is 0 Å². The van der Waals surface area contributed by atoms with Gasteiger partial charge in [-0.15, -0.1) is 20.1 Å². The van der Waals surface area contributed by atoms with Crippen LogP contribution in [0, 0.1) is 0 Å². The molecule has 1 aromatic carbocycles. The van der Waals surface area contributed by atoms with Gasteiger partial charge in [0.25, 0.3) is 5.91 Å². The van der Waals surface area contributed by atoms with E-state index in [1.807, 2.05) is 37.3 Å². The zero-order chi connectivity index (χ0) is 22.1. The molecule has 9 nitrogen and oxygen atoms in total. The van der Waals surface area contributed by atoms with E-state index in [9.17, 15) is 18.3 Å². The molecule has 160 valence electrons. The van der Waals surface area contributed by atoms with E-state index >= 15 is 0 Å². The molecule has 2 heterocycles.